The fourth-order valence-electron chi connectivity index (χ4n) is 2.32. The first-order chi connectivity index (χ1) is 9.69. The Balaban J connectivity index is 2.13. The Morgan fingerprint density at radius 3 is 2.85 bits per heavy atom. The van der Waals surface area contributed by atoms with Gasteiger partial charge in [-0.05, 0) is 30.2 Å². The van der Waals surface area contributed by atoms with E-state index in [9.17, 15) is 0 Å². The Labute approximate surface area is 116 Å². The largest absolute Gasteiger partial charge is 0.384 e. The fourth-order valence-corrected chi connectivity index (χ4v) is 2.32. The number of aromatic amines is 1. The van der Waals surface area contributed by atoms with Crippen LogP contribution in [0.2, 0.25) is 0 Å². The van der Waals surface area contributed by atoms with Gasteiger partial charge in [0.2, 0.25) is 0 Å². The molecule has 1 aromatic carbocycles. The van der Waals surface area contributed by atoms with Crippen molar-refractivity contribution in [1.82, 2.24) is 9.97 Å². The van der Waals surface area contributed by atoms with Gasteiger partial charge < -0.3 is 10.7 Å². The highest BCUT2D eigenvalue weighted by atomic mass is 15.1. The van der Waals surface area contributed by atoms with Crippen LogP contribution in [0.15, 0.2) is 46.9 Å². The van der Waals surface area contributed by atoms with Crippen molar-refractivity contribution in [1.29, 1.82) is 0 Å². The number of H-pyrrole nitrogens is 1. The molecule has 5 nitrogen and oxygen atoms in total. The summed E-state index contributed by atoms with van der Waals surface area (Å²) in [6, 6.07) is 7.95. The molecule has 0 unspecified atom stereocenters. The molecule has 0 atom stereocenters. The molecule has 0 saturated carbocycles. The molecule has 0 aliphatic carbocycles. The second-order valence-corrected chi connectivity index (χ2v) is 4.66. The third kappa shape index (κ3) is 2.03. The van der Waals surface area contributed by atoms with E-state index >= 15 is 0 Å². The highest BCUT2D eigenvalue weighted by Crippen LogP contribution is 2.31. The zero-order valence-corrected chi connectivity index (χ0v) is 11.4. The second-order valence-electron chi connectivity index (χ2n) is 4.66. The van der Waals surface area contributed by atoms with Gasteiger partial charge in [-0.25, -0.2) is 4.98 Å². The summed E-state index contributed by atoms with van der Waals surface area (Å²) in [7, 11) is 1.67. The van der Waals surface area contributed by atoms with E-state index in [0.717, 1.165) is 33.3 Å². The maximum atomic E-state index is 5.70. The van der Waals surface area contributed by atoms with Gasteiger partial charge in [-0.1, -0.05) is 6.07 Å². The molecule has 100 valence electrons. The molecule has 3 aromatic rings. The normalized spacial score (nSPS) is 11.5. The molecule has 2 heterocycles. The lowest BCUT2D eigenvalue weighted by Gasteiger charge is -2.04. The minimum Gasteiger partial charge on any atom is -0.384 e. The van der Waals surface area contributed by atoms with Crippen molar-refractivity contribution in [3.63, 3.8) is 0 Å². The summed E-state index contributed by atoms with van der Waals surface area (Å²) in [5.74, 6) is 0.515. The predicted octanol–water partition coefficient (Wildman–Crippen LogP) is 3.83. The highest BCUT2D eigenvalue weighted by Gasteiger charge is 2.08. The number of nitrogens with one attached hydrogen (secondary N) is 1. The van der Waals surface area contributed by atoms with Crippen molar-refractivity contribution in [2.75, 3.05) is 12.8 Å². The summed E-state index contributed by atoms with van der Waals surface area (Å²) in [6.45, 7) is 2.03. The number of nitrogens with zero attached hydrogens (tertiary/aromatic N) is 3. The predicted molar refractivity (Wildman–Crippen MR) is 81.1 cm³/mol. The molecule has 0 fully saturated rings. The van der Waals surface area contributed by atoms with Crippen LogP contribution in [0.4, 0.5) is 11.5 Å². The standard InChI is InChI=1S/C15H15N5/c1-9-5-10(3-4-13(9)20-17-2)11-7-18-14-6-15(16)19-8-12(11)14/h3-8,18H,1-2H3,(H2,16,19). The van der Waals surface area contributed by atoms with Crippen LogP contribution in [0.25, 0.3) is 22.0 Å². The summed E-state index contributed by atoms with van der Waals surface area (Å²) in [6.07, 6.45) is 3.77. The first-order valence-corrected chi connectivity index (χ1v) is 6.32. The molecule has 2 aromatic heterocycles. The van der Waals surface area contributed by atoms with Gasteiger partial charge in [-0.15, -0.1) is 0 Å². The number of anilines is 1. The second kappa shape index (κ2) is 4.77. The van der Waals surface area contributed by atoms with Crippen LogP contribution in [0.5, 0.6) is 0 Å². The van der Waals surface area contributed by atoms with Crippen LogP contribution < -0.4 is 5.73 Å². The van der Waals surface area contributed by atoms with Crippen LogP contribution in [-0.4, -0.2) is 17.0 Å². The number of hydrogen-bond acceptors (Lipinski definition) is 4. The van der Waals surface area contributed by atoms with E-state index in [1.807, 2.05) is 31.3 Å². The Bertz CT molecular complexity index is 801. The van der Waals surface area contributed by atoms with E-state index in [2.05, 4.69) is 26.3 Å². The van der Waals surface area contributed by atoms with E-state index in [1.165, 1.54) is 0 Å². The molecule has 0 radical (unpaired) electrons. The molecule has 0 amide bonds. The minimum atomic E-state index is 0.515. The molecule has 0 spiro atoms. The first kappa shape index (κ1) is 12.3. The van der Waals surface area contributed by atoms with Gasteiger partial charge >= 0.3 is 0 Å². The van der Waals surface area contributed by atoms with E-state index in [0.29, 0.717) is 5.82 Å². The zero-order valence-electron chi connectivity index (χ0n) is 11.4. The lowest BCUT2D eigenvalue weighted by atomic mass is 10.0. The highest BCUT2D eigenvalue weighted by molar-refractivity contribution is 5.96. The minimum absolute atomic E-state index is 0.515. The fraction of sp³-hybridized carbons (Fsp3) is 0.133. The molecule has 0 aliphatic rings. The summed E-state index contributed by atoms with van der Waals surface area (Å²) in [5, 5.41) is 8.96. The molecule has 0 saturated heterocycles. The van der Waals surface area contributed by atoms with E-state index in [4.69, 9.17) is 5.73 Å². The van der Waals surface area contributed by atoms with Crippen molar-refractivity contribution in [2.24, 2.45) is 10.2 Å². The summed E-state index contributed by atoms with van der Waals surface area (Å²) < 4.78 is 0. The van der Waals surface area contributed by atoms with Crippen LogP contribution in [0.1, 0.15) is 5.56 Å². The van der Waals surface area contributed by atoms with Crippen molar-refractivity contribution in [3.8, 4) is 11.1 Å². The van der Waals surface area contributed by atoms with E-state index in [1.54, 1.807) is 13.2 Å². The van der Waals surface area contributed by atoms with Crippen LogP contribution >= 0.6 is 0 Å². The Kier molecular flexibility index (Phi) is 2.95. The SMILES string of the molecule is CN=Nc1ccc(-c2c[nH]c3cc(N)ncc23)cc1C. The molecule has 3 rings (SSSR count). The number of aromatic nitrogens is 2. The lowest BCUT2D eigenvalue weighted by molar-refractivity contribution is 1.15. The monoisotopic (exact) mass is 265 g/mol. The molecule has 20 heavy (non-hydrogen) atoms. The number of pyridine rings is 1. The van der Waals surface area contributed by atoms with Gasteiger partial charge in [0.05, 0.1) is 11.2 Å². The molecule has 0 aliphatic heterocycles. The van der Waals surface area contributed by atoms with Gasteiger partial charge in [0.15, 0.2) is 0 Å². The lowest BCUT2D eigenvalue weighted by Crippen LogP contribution is -1.88. The molecule has 0 bridgehead atoms. The van der Waals surface area contributed by atoms with Crippen LogP contribution in [-0.2, 0) is 0 Å². The van der Waals surface area contributed by atoms with Crippen molar-refractivity contribution in [2.45, 2.75) is 6.92 Å². The van der Waals surface area contributed by atoms with E-state index < -0.39 is 0 Å². The van der Waals surface area contributed by atoms with Crippen LogP contribution in [0, 0.1) is 6.92 Å². The van der Waals surface area contributed by atoms with Gasteiger partial charge in [-0.3, -0.25) is 0 Å². The summed E-state index contributed by atoms with van der Waals surface area (Å²) in [4.78, 5) is 7.38. The number of hydrogen-bond donors (Lipinski definition) is 2. The van der Waals surface area contributed by atoms with Gasteiger partial charge in [0.25, 0.3) is 0 Å². The number of benzene rings is 1. The van der Waals surface area contributed by atoms with Crippen molar-refractivity contribution in [3.05, 3.63) is 42.2 Å². The quantitative estimate of drug-likeness (QED) is 0.690. The molecule has 3 N–H and O–H groups in total. The Hall–Kier alpha value is -2.69. The molecular weight excluding hydrogens is 250 g/mol. The van der Waals surface area contributed by atoms with Crippen molar-refractivity contribution < 1.29 is 0 Å². The maximum absolute atomic E-state index is 5.70. The average molecular weight is 265 g/mol. The summed E-state index contributed by atoms with van der Waals surface area (Å²) >= 11 is 0. The topological polar surface area (TPSA) is 79.4 Å². The summed E-state index contributed by atoms with van der Waals surface area (Å²) in [5.41, 5.74) is 10.9. The van der Waals surface area contributed by atoms with Crippen molar-refractivity contribution >= 4 is 22.4 Å². The molecular formula is C15H15N5. The number of nitrogen functional groups attached to an aromatic ring is 1. The maximum Gasteiger partial charge on any atom is 0.125 e. The third-order valence-corrected chi connectivity index (χ3v) is 3.30. The Morgan fingerprint density at radius 2 is 2.10 bits per heavy atom. The number of nitrogens with two attached hydrogens (primary N) is 1. The van der Waals surface area contributed by atoms with Crippen LogP contribution in [0.3, 0.4) is 0 Å². The number of azo groups is 1. The van der Waals surface area contributed by atoms with E-state index in [-0.39, 0.29) is 0 Å². The number of fused-ring (bicyclic) bond motifs is 1. The van der Waals surface area contributed by atoms with Gasteiger partial charge in [0, 0.05) is 36.5 Å². The first-order valence-electron chi connectivity index (χ1n) is 6.32. The smallest absolute Gasteiger partial charge is 0.125 e. The van der Waals surface area contributed by atoms with Gasteiger partial charge in [-0.2, -0.15) is 10.2 Å². The zero-order chi connectivity index (χ0) is 14.1. The molecule has 5 heteroatoms. The third-order valence-electron chi connectivity index (χ3n) is 3.30. The number of aryl methyl sites for hydroxylation is 1. The number of rotatable bonds is 2. The van der Waals surface area contributed by atoms with Gasteiger partial charge in [0.1, 0.15) is 5.82 Å². The Morgan fingerprint density at radius 1 is 1.25 bits per heavy atom. The average Bonchev–Trinajstić information content (AvgIpc) is 2.84.